The van der Waals surface area contributed by atoms with Gasteiger partial charge < -0.3 is 0 Å². The smallest absolute Gasteiger partial charge is 0.270 e. The van der Waals surface area contributed by atoms with Crippen molar-refractivity contribution in [2.24, 2.45) is 0 Å². The summed E-state index contributed by atoms with van der Waals surface area (Å²) in [5.74, 6) is 0.684. The Morgan fingerprint density at radius 1 is 1.53 bits per heavy atom. The third-order valence-corrected chi connectivity index (χ3v) is 3.64. The number of rotatable bonds is 5. The molecule has 2 rings (SSSR count). The molecule has 1 aromatic heterocycles. The van der Waals surface area contributed by atoms with Crippen LogP contribution >= 0.6 is 11.8 Å². The molecule has 0 saturated heterocycles. The van der Waals surface area contributed by atoms with Gasteiger partial charge in [-0.1, -0.05) is 30.8 Å². The molecule has 19 heavy (non-hydrogen) atoms. The first-order chi connectivity index (χ1) is 9.24. The molecule has 1 N–H and O–H groups in total. The van der Waals surface area contributed by atoms with Crippen LogP contribution in [0, 0.1) is 11.3 Å². The zero-order chi connectivity index (χ0) is 13.7. The number of nitriles is 1. The van der Waals surface area contributed by atoms with E-state index in [1.54, 1.807) is 10.6 Å². The second-order valence-electron chi connectivity index (χ2n) is 4.06. The molecule has 0 spiro atoms. The Labute approximate surface area is 115 Å². The number of nitrogens with zero attached hydrogens (tertiary/aromatic N) is 3. The van der Waals surface area contributed by atoms with E-state index in [0.717, 1.165) is 12.0 Å². The Morgan fingerprint density at radius 2 is 2.37 bits per heavy atom. The zero-order valence-electron chi connectivity index (χ0n) is 10.6. The van der Waals surface area contributed by atoms with E-state index in [0.29, 0.717) is 23.0 Å². The maximum Gasteiger partial charge on any atom is 0.343 e. The molecule has 98 valence electrons. The summed E-state index contributed by atoms with van der Waals surface area (Å²) < 4.78 is 1.64. The van der Waals surface area contributed by atoms with Crippen molar-refractivity contribution in [3.05, 3.63) is 45.9 Å². The van der Waals surface area contributed by atoms with Crippen molar-refractivity contribution in [2.45, 2.75) is 30.8 Å². The van der Waals surface area contributed by atoms with Gasteiger partial charge in [0, 0.05) is 12.3 Å². The van der Waals surface area contributed by atoms with E-state index >= 15 is 0 Å². The number of H-pyrrole nitrogens is 1. The Bertz CT molecular complexity index is 653. The topological polar surface area (TPSA) is 74.5 Å². The van der Waals surface area contributed by atoms with Gasteiger partial charge in [0.1, 0.15) is 0 Å². The van der Waals surface area contributed by atoms with Gasteiger partial charge in [0.2, 0.25) is 0 Å². The average molecular weight is 274 g/mol. The van der Waals surface area contributed by atoms with Gasteiger partial charge in [-0.25, -0.2) is 9.89 Å². The van der Waals surface area contributed by atoms with Gasteiger partial charge in [-0.3, -0.25) is 4.57 Å². The number of benzene rings is 1. The number of hydrogen-bond donors (Lipinski definition) is 1. The van der Waals surface area contributed by atoms with E-state index in [1.165, 1.54) is 11.8 Å². The highest BCUT2D eigenvalue weighted by atomic mass is 32.2. The first kappa shape index (κ1) is 13.4. The zero-order valence-corrected chi connectivity index (χ0v) is 11.4. The molecule has 1 aromatic carbocycles. The molecule has 0 aliphatic heterocycles. The van der Waals surface area contributed by atoms with Crippen LogP contribution in [0.5, 0.6) is 0 Å². The molecule has 1 heterocycles. The van der Waals surface area contributed by atoms with Crippen molar-refractivity contribution < 1.29 is 0 Å². The number of nitrogens with one attached hydrogen (secondary N) is 1. The summed E-state index contributed by atoms with van der Waals surface area (Å²) >= 11 is 1.49. The van der Waals surface area contributed by atoms with Crippen molar-refractivity contribution in [1.82, 2.24) is 14.8 Å². The van der Waals surface area contributed by atoms with E-state index in [2.05, 4.69) is 16.3 Å². The molecule has 0 bridgehead atoms. The van der Waals surface area contributed by atoms with Gasteiger partial charge in [0.05, 0.1) is 11.6 Å². The molecule has 0 saturated carbocycles. The molecule has 6 heteroatoms. The lowest BCUT2D eigenvalue weighted by Crippen LogP contribution is -2.17. The SMILES string of the molecule is CCCn1c(SCc2cccc(C#N)c2)n[nH]c1=O. The van der Waals surface area contributed by atoms with E-state index in [9.17, 15) is 4.79 Å². The van der Waals surface area contributed by atoms with E-state index in [1.807, 2.05) is 25.1 Å². The van der Waals surface area contributed by atoms with E-state index in [-0.39, 0.29) is 5.69 Å². The third-order valence-electron chi connectivity index (χ3n) is 2.59. The van der Waals surface area contributed by atoms with Crippen molar-refractivity contribution >= 4 is 11.8 Å². The van der Waals surface area contributed by atoms with E-state index < -0.39 is 0 Å². The molecule has 0 aliphatic carbocycles. The van der Waals surface area contributed by atoms with Crippen LogP contribution in [-0.4, -0.2) is 14.8 Å². The van der Waals surface area contributed by atoms with Gasteiger partial charge in [0.15, 0.2) is 5.16 Å². The molecule has 0 amide bonds. The first-order valence-electron chi connectivity index (χ1n) is 6.01. The second kappa shape index (κ2) is 6.25. The maximum atomic E-state index is 11.5. The van der Waals surface area contributed by atoms with Crippen LogP contribution in [0.3, 0.4) is 0 Å². The van der Waals surface area contributed by atoms with Crippen molar-refractivity contribution in [2.75, 3.05) is 0 Å². The lowest BCUT2D eigenvalue weighted by Gasteiger charge is -2.04. The molecular formula is C13H14N4OS. The Morgan fingerprint density at radius 3 is 3.11 bits per heavy atom. The van der Waals surface area contributed by atoms with Gasteiger partial charge in [-0.2, -0.15) is 5.26 Å². The van der Waals surface area contributed by atoms with Crippen molar-refractivity contribution in [1.29, 1.82) is 5.26 Å². The maximum absolute atomic E-state index is 11.5. The molecule has 2 aromatic rings. The van der Waals surface area contributed by atoms with Crippen molar-refractivity contribution in [3.63, 3.8) is 0 Å². The third kappa shape index (κ3) is 3.26. The van der Waals surface area contributed by atoms with Crippen LogP contribution in [0.15, 0.2) is 34.2 Å². The summed E-state index contributed by atoms with van der Waals surface area (Å²) in [6.07, 6.45) is 0.886. The molecule has 0 aliphatic rings. The Balaban J connectivity index is 2.10. The normalized spacial score (nSPS) is 10.3. The molecule has 0 fully saturated rings. The second-order valence-corrected chi connectivity index (χ2v) is 5.01. The fraction of sp³-hybridized carbons (Fsp3) is 0.308. The molecule has 0 atom stereocenters. The first-order valence-corrected chi connectivity index (χ1v) is 7.00. The number of aromatic nitrogens is 3. The standard InChI is InChI=1S/C13H14N4OS/c1-2-6-17-12(18)15-16-13(17)19-9-11-5-3-4-10(7-11)8-14/h3-5,7H,2,6,9H2,1H3,(H,15,18). The summed E-state index contributed by atoms with van der Waals surface area (Å²) in [6.45, 7) is 2.68. The van der Waals surface area contributed by atoms with Crippen LogP contribution in [0.2, 0.25) is 0 Å². The molecule has 5 nitrogen and oxygen atoms in total. The monoisotopic (exact) mass is 274 g/mol. The summed E-state index contributed by atoms with van der Waals surface area (Å²) in [5, 5.41) is 16.0. The van der Waals surface area contributed by atoms with E-state index in [4.69, 9.17) is 5.26 Å². The lowest BCUT2D eigenvalue weighted by molar-refractivity contribution is 0.604. The summed E-state index contributed by atoms with van der Waals surface area (Å²) in [7, 11) is 0. The fourth-order valence-corrected chi connectivity index (χ4v) is 2.63. The quantitative estimate of drug-likeness (QED) is 0.848. The summed E-state index contributed by atoms with van der Waals surface area (Å²) in [4.78, 5) is 11.5. The number of thioether (sulfide) groups is 1. The predicted molar refractivity (Wildman–Crippen MR) is 73.9 cm³/mol. The van der Waals surface area contributed by atoms with Crippen LogP contribution in [0.4, 0.5) is 0 Å². The Hall–Kier alpha value is -2.00. The fourth-order valence-electron chi connectivity index (χ4n) is 1.71. The average Bonchev–Trinajstić information content (AvgIpc) is 2.78. The predicted octanol–water partition coefficient (Wildman–Crippen LogP) is 2.15. The highest BCUT2D eigenvalue weighted by Crippen LogP contribution is 2.20. The molecule has 0 radical (unpaired) electrons. The van der Waals surface area contributed by atoms with Crippen LogP contribution in [-0.2, 0) is 12.3 Å². The molecule has 0 unspecified atom stereocenters. The van der Waals surface area contributed by atoms with Crippen LogP contribution in [0.25, 0.3) is 0 Å². The minimum Gasteiger partial charge on any atom is -0.270 e. The number of aromatic amines is 1. The summed E-state index contributed by atoms with van der Waals surface area (Å²) in [6, 6.07) is 9.56. The van der Waals surface area contributed by atoms with Gasteiger partial charge >= 0.3 is 5.69 Å². The van der Waals surface area contributed by atoms with Gasteiger partial charge in [-0.05, 0) is 24.1 Å². The van der Waals surface area contributed by atoms with Gasteiger partial charge in [-0.15, -0.1) is 5.10 Å². The minimum absolute atomic E-state index is 0.171. The number of hydrogen-bond acceptors (Lipinski definition) is 4. The van der Waals surface area contributed by atoms with Gasteiger partial charge in [0.25, 0.3) is 0 Å². The highest BCUT2D eigenvalue weighted by molar-refractivity contribution is 7.98. The minimum atomic E-state index is -0.171. The lowest BCUT2D eigenvalue weighted by atomic mass is 10.2. The Kier molecular flexibility index (Phi) is 4.42. The van der Waals surface area contributed by atoms with Crippen molar-refractivity contribution in [3.8, 4) is 6.07 Å². The largest absolute Gasteiger partial charge is 0.343 e. The summed E-state index contributed by atoms with van der Waals surface area (Å²) in [5.41, 5.74) is 1.52. The van der Waals surface area contributed by atoms with Crippen LogP contribution < -0.4 is 5.69 Å². The highest BCUT2D eigenvalue weighted by Gasteiger charge is 2.08. The van der Waals surface area contributed by atoms with Crippen LogP contribution in [0.1, 0.15) is 24.5 Å². The molecular weight excluding hydrogens is 260 g/mol.